The highest BCUT2D eigenvalue weighted by atomic mass is 127. The first-order valence-corrected chi connectivity index (χ1v) is 6.49. The standard InChI is InChI=1S/C13H9ClINO/c14-12-8-16-6-5-11(12)13(17)7-9-1-3-10(15)4-2-9/h1-6,8H,7H2. The van der Waals surface area contributed by atoms with Crippen LogP contribution in [0.3, 0.4) is 0 Å². The van der Waals surface area contributed by atoms with Gasteiger partial charge in [-0.2, -0.15) is 0 Å². The summed E-state index contributed by atoms with van der Waals surface area (Å²) >= 11 is 8.16. The van der Waals surface area contributed by atoms with Gasteiger partial charge in [-0.1, -0.05) is 23.7 Å². The average Bonchev–Trinajstić information content (AvgIpc) is 2.32. The number of aromatic nitrogens is 1. The number of pyridine rings is 1. The molecule has 17 heavy (non-hydrogen) atoms. The Morgan fingerprint density at radius 1 is 1.24 bits per heavy atom. The zero-order chi connectivity index (χ0) is 12.3. The third kappa shape index (κ3) is 3.26. The number of carbonyl (C=O) groups is 1. The number of benzene rings is 1. The fourth-order valence-corrected chi connectivity index (χ4v) is 2.07. The van der Waals surface area contributed by atoms with Gasteiger partial charge in [-0.15, -0.1) is 0 Å². The van der Waals surface area contributed by atoms with Crippen LogP contribution in [0, 0.1) is 3.57 Å². The first kappa shape index (κ1) is 12.5. The Kier molecular flexibility index (Phi) is 4.12. The van der Waals surface area contributed by atoms with E-state index in [1.807, 2.05) is 24.3 Å². The van der Waals surface area contributed by atoms with Crippen LogP contribution in [-0.4, -0.2) is 10.8 Å². The topological polar surface area (TPSA) is 30.0 Å². The second-order valence-corrected chi connectivity index (χ2v) is 5.23. The van der Waals surface area contributed by atoms with Gasteiger partial charge in [0, 0.05) is 27.9 Å². The van der Waals surface area contributed by atoms with Crippen molar-refractivity contribution in [2.75, 3.05) is 0 Å². The number of hydrogen-bond donors (Lipinski definition) is 0. The summed E-state index contributed by atoms with van der Waals surface area (Å²) in [4.78, 5) is 15.9. The Morgan fingerprint density at radius 2 is 1.94 bits per heavy atom. The van der Waals surface area contributed by atoms with Crippen LogP contribution in [0.25, 0.3) is 0 Å². The monoisotopic (exact) mass is 357 g/mol. The van der Waals surface area contributed by atoms with Gasteiger partial charge in [0.1, 0.15) is 0 Å². The van der Waals surface area contributed by atoms with Gasteiger partial charge < -0.3 is 0 Å². The molecule has 0 aliphatic rings. The van der Waals surface area contributed by atoms with E-state index in [-0.39, 0.29) is 5.78 Å². The normalized spacial score (nSPS) is 10.2. The van der Waals surface area contributed by atoms with Crippen molar-refractivity contribution in [3.8, 4) is 0 Å². The summed E-state index contributed by atoms with van der Waals surface area (Å²) in [5, 5.41) is 0.406. The van der Waals surface area contributed by atoms with Crippen LogP contribution in [-0.2, 0) is 6.42 Å². The van der Waals surface area contributed by atoms with Crippen molar-refractivity contribution >= 4 is 40.0 Å². The van der Waals surface area contributed by atoms with Crippen LogP contribution in [0.1, 0.15) is 15.9 Å². The minimum absolute atomic E-state index is 0.0126. The lowest BCUT2D eigenvalue weighted by molar-refractivity contribution is 0.0993. The van der Waals surface area contributed by atoms with Gasteiger partial charge in [0.05, 0.1) is 5.02 Å². The largest absolute Gasteiger partial charge is 0.294 e. The smallest absolute Gasteiger partial charge is 0.168 e. The first-order valence-electron chi connectivity index (χ1n) is 5.04. The van der Waals surface area contributed by atoms with Gasteiger partial charge in [-0.3, -0.25) is 9.78 Å². The Balaban J connectivity index is 2.17. The first-order chi connectivity index (χ1) is 8.16. The zero-order valence-corrected chi connectivity index (χ0v) is 11.8. The molecule has 0 spiro atoms. The van der Waals surface area contributed by atoms with Gasteiger partial charge in [0.25, 0.3) is 0 Å². The molecule has 1 heterocycles. The van der Waals surface area contributed by atoms with Crippen molar-refractivity contribution in [2.24, 2.45) is 0 Å². The molecule has 0 amide bonds. The quantitative estimate of drug-likeness (QED) is 0.618. The van der Waals surface area contributed by atoms with Crippen molar-refractivity contribution < 1.29 is 4.79 Å². The molecule has 1 aromatic heterocycles. The van der Waals surface area contributed by atoms with E-state index in [0.717, 1.165) is 9.13 Å². The van der Waals surface area contributed by atoms with E-state index in [9.17, 15) is 4.79 Å². The van der Waals surface area contributed by atoms with Crippen LogP contribution in [0.4, 0.5) is 0 Å². The number of Topliss-reactive ketones (excluding diaryl/α,β-unsaturated/α-hetero) is 1. The molecule has 0 saturated heterocycles. The number of ketones is 1. The summed E-state index contributed by atoms with van der Waals surface area (Å²) in [6.45, 7) is 0. The van der Waals surface area contributed by atoms with Crippen LogP contribution >= 0.6 is 34.2 Å². The Labute approximate surface area is 118 Å². The van der Waals surface area contributed by atoms with Gasteiger partial charge in [-0.05, 0) is 46.4 Å². The van der Waals surface area contributed by atoms with Crippen molar-refractivity contribution in [3.63, 3.8) is 0 Å². The van der Waals surface area contributed by atoms with Crippen molar-refractivity contribution in [3.05, 3.63) is 62.4 Å². The minimum atomic E-state index is 0.0126. The molecule has 4 heteroatoms. The molecule has 0 fully saturated rings. The minimum Gasteiger partial charge on any atom is -0.294 e. The molecule has 0 N–H and O–H groups in total. The highest BCUT2D eigenvalue weighted by Gasteiger charge is 2.10. The maximum atomic E-state index is 12.0. The molecule has 0 aliphatic carbocycles. The number of rotatable bonds is 3. The second kappa shape index (κ2) is 5.60. The molecule has 0 saturated carbocycles. The van der Waals surface area contributed by atoms with Crippen LogP contribution in [0.2, 0.25) is 5.02 Å². The summed E-state index contributed by atoms with van der Waals surface area (Å²) in [7, 11) is 0. The Bertz CT molecular complexity index is 539. The number of halogens is 2. The summed E-state index contributed by atoms with van der Waals surface area (Å²) in [6.07, 6.45) is 3.43. The van der Waals surface area contributed by atoms with Gasteiger partial charge in [0.15, 0.2) is 5.78 Å². The number of nitrogens with zero attached hydrogens (tertiary/aromatic N) is 1. The third-order valence-electron chi connectivity index (χ3n) is 2.35. The summed E-state index contributed by atoms with van der Waals surface area (Å²) in [6, 6.07) is 9.52. The van der Waals surface area contributed by atoms with Gasteiger partial charge >= 0.3 is 0 Å². The lowest BCUT2D eigenvalue weighted by atomic mass is 10.0. The van der Waals surface area contributed by atoms with E-state index < -0.39 is 0 Å². The highest BCUT2D eigenvalue weighted by Crippen LogP contribution is 2.16. The van der Waals surface area contributed by atoms with Gasteiger partial charge in [-0.25, -0.2) is 0 Å². The van der Waals surface area contributed by atoms with Crippen molar-refractivity contribution in [2.45, 2.75) is 6.42 Å². The zero-order valence-electron chi connectivity index (χ0n) is 8.86. The fraction of sp³-hybridized carbons (Fsp3) is 0.0769. The van der Waals surface area contributed by atoms with Crippen LogP contribution in [0.15, 0.2) is 42.7 Å². The molecule has 0 unspecified atom stereocenters. The summed E-state index contributed by atoms with van der Waals surface area (Å²) in [5.41, 5.74) is 1.52. The molecule has 86 valence electrons. The predicted octanol–water partition coefficient (Wildman–Crippen LogP) is 3.77. The predicted molar refractivity (Wildman–Crippen MR) is 76.4 cm³/mol. The van der Waals surface area contributed by atoms with E-state index in [0.29, 0.717) is 17.0 Å². The lowest BCUT2D eigenvalue weighted by Gasteiger charge is -2.03. The summed E-state index contributed by atoms with van der Waals surface area (Å²) < 4.78 is 1.15. The highest BCUT2D eigenvalue weighted by molar-refractivity contribution is 14.1. The molecule has 2 nitrogen and oxygen atoms in total. The molecule has 0 aliphatic heterocycles. The number of hydrogen-bond acceptors (Lipinski definition) is 2. The molecule has 1 aromatic carbocycles. The molecular weight excluding hydrogens is 349 g/mol. The van der Waals surface area contributed by atoms with Crippen molar-refractivity contribution in [1.29, 1.82) is 0 Å². The molecule has 2 rings (SSSR count). The molecule has 0 radical (unpaired) electrons. The van der Waals surface area contributed by atoms with E-state index in [1.54, 1.807) is 12.3 Å². The number of carbonyl (C=O) groups excluding carboxylic acids is 1. The molecule has 2 aromatic rings. The maximum Gasteiger partial charge on any atom is 0.168 e. The van der Waals surface area contributed by atoms with E-state index in [4.69, 9.17) is 11.6 Å². The van der Waals surface area contributed by atoms with Crippen LogP contribution in [0.5, 0.6) is 0 Å². The van der Waals surface area contributed by atoms with E-state index >= 15 is 0 Å². The van der Waals surface area contributed by atoms with Crippen LogP contribution < -0.4 is 0 Å². The Morgan fingerprint density at radius 3 is 2.59 bits per heavy atom. The van der Waals surface area contributed by atoms with Crippen molar-refractivity contribution in [1.82, 2.24) is 4.98 Å². The second-order valence-electron chi connectivity index (χ2n) is 3.58. The average molecular weight is 358 g/mol. The fourth-order valence-electron chi connectivity index (χ4n) is 1.48. The maximum absolute atomic E-state index is 12.0. The van der Waals surface area contributed by atoms with E-state index in [1.165, 1.54) is 6.20 Å². The molecular formula is C13H9ClINO. The van der Waals surface area contributed by atoms with E-state index in [2.05, 4.69) is 27.6 Å². The molecule has 0 bridgehead atoms. The molecule has 0 atom stereocenters. The van der Waals surface area contributed by atoms with Gasteiger partial charge in [0.2, 0.25) is 0 Å². The Hall–Kier alpha value is -0.940. The summed E-state index contributed by atoms with van der Waals surface area (Å²) in [5.74, 6) is 0.0126. The lowest BCUT2D eigenvalue weighted by Crippen LogP contribution is -2.04. The SMILES string of the molecule is O=C(Cc1ccc(I)cc1)c1ccncc1Cl. The third-order valence-corrected chi connectivity index (χ3v) is 3.37.